The van der Waals surface area contributed by atoms with Crippen molar-refractivity contribution in [2.75, 3.05) is 36.5 Å². The van der Waals surface area contributed by atoms with Crippen molar-refractivity contribution in [3.8, 4) is 0 Å². The molecule has 0 heterocycles. The molecular formula is C18H36N2OS. The third-order valence-corrected chi connectivity index (χ3v) is 3.74. The molecule has 0 radical (unpaired) electrons. The summed E-state index contributed by atoms with van der Waals surface area (Å²) in [5.41, 5.74) is 1.83. The zero-order valence-corrected chi connectivity index (χ0v) is 16.9. The lowest BCUT2D eigenvalue weighted by atomic mass is 10.1. The first-order valence-corrected chi connectivity index (χ1v) is 9.14. The van der Waals surface area contributed by atoms with Gasteiger partial charge in [0.2, 0.25) is 5.43 Å². The summed E-state index contributed by atoms with van der Waals surface area (Å²) in [5, 5.41) is 0. The molecule has 0 saturated heterocycles. The predicted octanol–water partition coefficient (Wildman–Crippen LogP) is 5.03. The SMILES string of the molecule is CC.CC.CCN(CC)c1c(N(C)CCC(C)C)c(=S)c1=O. The molecule has 1 aromatic carbocycles. The van der Waals surface area contributed by atoms with Crippen molar-refractivity contribution < 1.29 is 0 Å². The van der Waals surface area contributed by atoms with E-state index < -0.39 is 0 Å². The lowest BCUT2D eigenvalue weighted by Crippen LogP contribution is -2.36. The minimum Gasteiger partial charge on any atom is -0.372 e. The summed E-state index contributed by atoms with van der Waals surface area (Å²) < 4.78 is 0.503. The van der Waals surface area contributed by atoms with Crippen LogP contribution in [0.15, 0.2) is 4.79 Å². The van der Waals surface area contributed by atoms with Crippen molar-refractivity contribution in [1.82, 2.24) is 0 Å². The van der Waals surface area contributed by atoms with Crippen LogP contribution in [-0.2, 0) is 0 Å². The van der Waals surface area contributed by atoms with Gasteiger partial charge in [0.15, 0.2) is 0 Å². The van der Waals surface area contributed by atoms with E-state index in [-0.39, 0.29) is 5.43 Å². The van der Waals surface area contributed by atoms with E-state index in [1.165, 1.54) is 0 Å². The quantitative estimate of drug-likeness (QED) is 0.655. The van der Waals surface area contributed by atoms with Crippen LogP contribution >= 0.6 is 12.2 Å². The summed E-state index contributed by atoms with van der Waals surface area (Å²) in [6.45, 7) is 19.2. The lowest BCUT2D eigenvalue weighted by Gasteiger charge is -2.31. The van der Waals surface area contributed by atoms with Crippen LogP contribution < -0.4 is 15.2 Å². The first-order chi connectivity index (χ1) is 10.4. The predicted molar refractivity (Wildman–Crippen MR) is 105 cm³/mol. The Hall–Kier alpha value is -0.900. The van der Waals surface area contributed by atoms with Gasteiger partial charge < -0.3 is 9.80 Å². The van der Waals surface area contributed by atoms with Gasteiger partial charge >= 0.3 is 0 Å². The molecule has 1 rings (SSSR count). The van der Waals surface area contributed by atoms with E-state index in [1.807, 2.05) is 34.7 Å². The van der Waals surface area contributed by atoms with E-state index in [4.69, 9.17) is 12.2 Å². The van der Waals surface area contributed by atoms with Crippen molar-refractivity contribution in [3.63, 3.8) is 0 Å². The van der Waals surface area contributed by atoms with E-state index >= 15 is 0 Å². The van der Waals surface area contributed by atoms with Gasteiger partial charge in [-0.05, 0) is 26.2 Å². The summed E-state index contributed by atoms with van der Waals surface area (Å²) >= 11 is 5.20. The summed E-state index contributed by atoms with van der Waals surface area (Å²) in [6, 6.07) is 0. The Labute approximate surface area is 143 Å². The van der Waals surface area contributed by atoms with Crippen LogP contribution in [0.3, 0.4) is 0 Å². The molecule has 0 atom stereocenters. The van der Waals surface area contributed by atoms with E-state index in [1.54, 1.807) is 0 Å². The Morgan fingerprint density at radius 1 is 1.00 bits per heavy atom. The summed E-state index contributed by atoms with van der Waals surface area (Å²) in [4.78, 5) is 16.1. The molecule has 0 unspecified atom stereocenters. The standard InChI is InChI=1S/C14H24N2OS.2C2H6/c1-6-16(7-2)11-12(14(18)13(11)17)15(5)9-8-10(3)4;2*1-2/h10H,6-9H2,1-5H3;2*1-2H3. The second kappa shape index (κ2) is 12.6. The highest BCUT2D eigenvalue weighted by atomic mass is 32.1. The Morgan fingerprint density at radius 2 is 1.45 bits per heavy atom. The van der Waals surface area contributed by atoms with Crippen molar-refractivity contribution in [2.24, 2.45) is 5.92 Å². The van der Waals surface area contributed by atoms with Gasteiger partial charge in [0.05, 0.1) is 5.69 Å². The van der Waals surface area contributed by atoms with Crippen LogP contribution in [0.25, 0.3) is 0 Å². The largest absolute Gasteiger partial charge is 0.372 e. The fourth-order valence-corrected chi connectivity index (χ4v) is 2.47. The molecule has 0 bridgehead atoms. The summed E-state index contributed by atoms with van der Waals surface area (Å²) in [7, 11) is 2.03. The molecule has 130 valence electrons. The second-order valence-corrected chi connectivity index (χ2v) is 5.54. The van der Waals surface area contributed by atoms with Gasteiger partial charge in [-0.1, -0.05) is 53.8 Å². The molecule has 0 spiro atoms. The molecule has 0 fully saturated rings. The molecule has 4 heteroatoms. The number of hydrogen-bond acceptors (Lipinski definition) is 4. The molecule has 0 aliphatic carbocycles. The van der Waals surface area contributed by atoms with Crippen molar-refractivity contribution in [1.29, 1.82) is 0 Å². The minimum atomic E-state index is 0.0418. The maximum atomic E-state index is 11.9. The Bertz CT molecular complexity index is 458. The third kappa shape index (κ3) is 6.07. The molecule has 0 saturated carbocycles. The fourth-order valence-electron chi connectivity index (χ4n) is 2.12. The average molecular weight is 329 g/mol. The maximum Gasteiger partial charge on any atom is 0.224 e. The number of hydrogen-bond donors (Lipinski definition) is 0. The zero-order valence-electron chi connectivity index (χ0n) is 16.1. The van der Waals surface area contributed by atoms with Crippen LogP contribution in [0.1, 0.15) is 61.8 Å². The van der Waals surface area contributed by atoms with E-state index in [9.17, 15) is 4.79 Å². The van der Waals surface area contributed by atoms with Crippen molar-refractivity contribution in [2.45, 2.75) is 61.8 Å². The second-order valence-electron chi connectivity index (χ2n) is 5.13. The molecule has 0 aliphatic rings. The van der Waals surface area contributed by atoms with Crippen LogP contribution in [0, 0.1) is 10.4 Å². The van der Waals surface area contributed by atoms with Crippen LogP contribution in [0.2, 0.25) is 0 Å². The first kappa shape index (κ1) is 23.4. The zero-order chi connectivity index (χ0) is 17.9. The fraction of sp³-hybridized carbons (Fsp3) is 0.778. The van der Waals surface area contributed by atoms with E-state index in [0.717, 1.165) is 37.4 Å². The molecule has 3 nitrogen and oxygen atoms in total. The molecule has 0 N–H and O–H groups in total. The van der Waals surface area contributed by atoms with Crippen LogP contribution in [-0.4, -0.2) is 26.7 Å². The monoisotopic (exact) mass is 328 g/mol. The van der Waals surface area contributed by atoms with Crippen molar-refractivity contribution >= 4 is 23.6 Å². The maximum absolute atomic E-state index is 11.9. The molecule has 0 amide bonds. The Morgan fingerprint density at radius 3 is 1.82 bits per heavy atom. The van der Waals surface area contributed by atoms with Gasteiger partial charge in [-0.15, -0.1) is 0 Å². The smallest absolute Gasteiger partial charge is 0.224 e. The Balaban J connectivity index is 0. The summed E-state index contributed by atoms with van der Waals surface area (Å²) in [5.74, 6) is 0.661. The molecule has 22 heavy (non-hydrogen) atoms. The highest BCUT2D eigenvalue weighted by Gasteiger charge is 2.24. The lowest BCUT2D eigenvalue weighted by molar-refractivity contribution is 0.584. The van der Waals surface area contributed by atoms with Gasteiger partial charge in [0.25, 0.3) is 0 Å². The van der Waals surface area contributed by atoms with Gasteiger partial charge in [0.1, 0.15) is 10.2 Å². The highest BCUT2D eigenvalue weighted by Crippen LogP contribution is 2.30. The Kier molecular flexibility index (Phi) is 13.4. The first-order valence-electron chi connectivity index (χ1n) is 8.73. The number of nitrogens with zero attached hydrogens (tertiary/aromatic N) is 2. The molecular weight excluding hydrogens is 292 g/mol. The third-order valence-electron chi connectivity index (χ3n) is 3.36. The van der Waals surface area contributed by atoms with Crippen LogP contribution in [0.5, 0.6) is 0 Å². The van der Waals surface area contributed by atoms with Gasteiger partial charge in [0, 0.05) is 26.7 Å². The van der Waals surface area contributed by atoms with E-state index in [0.29, 0.717) is 10.4 Å². The van der Waals surface area contributed by atoms with Gasteiger partial charge in [-0.3, -0.25) is 4.79 Å². The highest BCUT2D eigenvalue weighted by molar-refractivity contribution is 7.71. The van der Waals surface area contributed by atoms with E-state index in [2.05, 4.69) is 37.5 Å². The average Bonchev–Trinajstić information content (AvgIpc) is 2.56. The summed E-state index contributed by atoms with van der Waals surface area (Å²) in [6.07, 6.45) is 1.11. The van der Waals surface area contributed by atoms with Crippen molar-refractivity contribution in [3.05, 3.63) is 14.7 Å². The molecule has 0 aromatic heterocycles. The van der Waals surface area contributed by atoms with Gasteiger partial charge in [-0.2, -0.15) is 0 Å². The number of rotatable bonds is 7. The molecule has 1 aromatic rings. The molecule has 0 aliphatic heterocycles. The number of anilines is 2. The van der Waals surface area contributed by atoms with Gasteiger partial charge in [-0.25, -0.2) is 0 Å². The minimum absolute atomic E-state index is 0.0418. The van der Waals surface area contributed by atoms with Crippen LogP contribution in [0.4, 0.5) is 11.4 Å². The normalized spacial score (nSPS) is 9.73. The topological polar surface area (TPSA) is 23.6 Å².